The number of carboxylic acids is 1. The Morgan fingerprint density at radius 2 is 1.58 bits per heavy atom. The molecule has 0 spiro atoms. The molecule has 1 heterocycles. The van der Waals surface area contributed by atoms with Gasteiger partial charge in [0.2, 0.25) is 0 Å². The number of benzene rings is 2. The molecule has 10 nitrogen and oxygen atoms in total. The van der Waals surface area contributed by atoms with Crippen LogP contribution in [0, 0.1) is 12.3 Å². The first-order valence-electron chi connectivity index (χ1n) is 10.6. The first-order valence-corrected chi connectivity index (χ1v) is 15.3. The van der Waals surface area contributed by atoms with E-state index in [0.717, 1.165) is 28.5 Å². The molecule has 0 amide bonds. The number of carbonyl (C=O) groups is 1. The van der Waals surface area contributed by atoms with Gasteiger partial charge in [-0.2, -0.15) is 16.8 Å². The summed E-state index contributed by atoms with van der Waals surface area (Å²) in [6.45, 7) is 1.52. The summed E-state index contributed by atoms with van der Waals surface area (Å²) in [5.41, 5.74) is 1.04. The molecule has 0 atom stereocenters. The van der Waals surface area contributed by atoms with Gasteiger partial charge in [0.15, 0.2) is 0 Å². The van der Waals surface area contributed by atoms with Crippen LogP contribution in [0.1, 0.15) is 5.56 Å². The largest absolute Gasteiger partial charge is 0.481 e. The van der Waals surface area contributed by atoms with Crippen molar-refractivity contribution < 1.29 is 31.3 Å². The smallest absolute Gasteiger partial charge is 0.421 e. The third-order valence-electron chi connectivity index (χ3n) is 5.15. The van der Waals surface area contributed by atoms with E-state index in [1.54, 1.807) is 31.1 Å². The van der Waals surface area contributed by atoms with Crippen molar-refractivity contribution in [2.45, 2.75) is 21.6 Å². The summed E-state index contributed by atoms with van der Waals surface area (Å²) in [4.78, 5) is 11.9. The molecule has 1 aromatic heterocycles. The highest BCUT2D eigenvalue weighted by Crippen LogP contribution is 2.35. The fourth-order valence-electron chi connectivity index (χ4n) is 3.19. The molecule has 0 bridgehead atoms. The summed E-state index contributed by atoms with van der Waals surface area (Å²) in [6.07, 6.45) is 2.70. The quantitative estimate of drug-likeness (QED) is 0.169. The topological polar surface area (TPSA) is 140 Å². The number of sulfonamides is 2. The standard InChI is InChI=1S/C23H22Cl2N4O6S3/c1-15-12-21(20(13-19(15)25)36-14-22(30)31)38(34,35)29(37(32,33)18-6-4-16(24)5-7-18)23(26)28-10-8-17(9-11-28)27(2)3/h4-13,26H,14H2,1-3H3/p+1. The van der Waals surface area contributed by atoms with Crippen molar-refractivity contribution in [3.63, 3.8) is 0 Å². The molecule has 0 fully saturated rings. The van der Waals surface area contributed by atoms with Crippen molar-refractivity contribution in [1.82, 2.24) is 3.71 Å². The van der Waals surface area contributed by atoms with E-state index >= 15 is 0 Å². The molecule has 0 radical (unpaired) electrons. The number of aryl methyl sites for hydroxylation is 1. The molecule has 3 rings (SSSR count). The molecule has 2 aromatic carbocycles. The normalized spacial score (nSPS) is 11.7. The Morgan fingerprint density at radius 1 is 1.00 bits per heavy atom. The zero-order valence-electron chi connectivity index (χ0n) is 20.3. The number of rotatable bonds is 8. The van der Waals surface area contributed by atoms with Crippen LogP contribution >= 0.6 is 35.0 Å². The van der Waals surface area contributed by atoms with Crippen LogP contribution in [0.15, 0.2) is 75.6 Å². The highest BCUT2D eigenvalue weighted by molar-refractivity contribution is 8.05. The highest BCUT2D eigenvalue weighted by Gasteiger charge is 2.47. The Morgan fingerprint density at radius 3 is 2.11 bits per heavy atom. The number of carboxylic acid groups (broad SMARTS) is 1. The molecule has 0 aliphatic carbocycles. The monoisotopic (exact) mass is 617 g/mol. The zero-order valence-corrected chi connectivity index (χ0v) is 24.3. The number of nitrogens with zero attached hydrogens (tertiary/aromatic N) is 3. The molecular formula is C23H23Cl2N4O6S3+. The van der Waals surface area contributed by atoms with E-state index in [1.165, 1.54) is 37.5 Å². The van der Waals surface area contributed by atoms with Crippen LogP contribution in [0.25, 0.3) is 0 Å². The molecule has 0 aliphatic rings. The Kier molecular flexibility index (Phi) is 8.99. The Balaban J connectivity index is 2.28. The van der Waals surface area contributed by atoms with Crippen molar-refractivity contribution in [3.05, 3.63) is 76.5 Å². The van der Waals surface area contributed by atoms with Gasteiger partial charge in [0.05, 0.1) is 18.1 Å². The van der Waals surface area contributed by atoms with E-state index in [1.807, 2.05) is 0 Å². The lowest BCUT2D eigenvalue weighted by Gasteiger charge is -2.20. The summed E-state index contributed by atoms with van der Waals surface area (Å²) in [7, 11) is -6.35. The maximum absolute atomic E-state index is 14.1. The number of hydrogen-bond donors (Lipinski definition) is 2. The Hall–Kier alpha value is -2.84. The maximum atomic E-state index is 14.1. The molecule has 0 saturated heterocycles. The van der Waals surface area contributed by atoms with Crippen LogP contribution in [0.5, 0.6) is 0 Å². The van der Waals surface area contributed by atoms with Crippen LogP contribution in [0.4, 0.5) is 5.69 Å². The van der Waals surface area contributed by atoms with Gasteiger partial charge in [-0.3, -0.25) is 4.79 Å². The van der Waals surface area contributed by atoms with Gasteiger partial charge in [-0.1, -0.05) is 23.2 Å². The first-order chi connectivity index (χ1) is 17.7. The lowest BCUT2D eigenvalue weighted by Crippen LogP contribution is -2.56. The van der Waals surface area contributed by atoms with E-state index in [9.17, 15) is 21.6 Å². The molecule has 0 saturated carbocycles. The fourth-order valence-corrected chi connectivity index (χ4v) is 8.39. The van der Waals surface area contributed by atoms with Crippen LogP contribution < -0.4 is 9.47 Å². The van der Waals surface area contributed by atoms with Gasteiger partial charge < -0.3 is 10.0 Å². The second-order valence-electron chi connectivity index (χ2n) is 8.07. The summed E-state index contributed by atoms with van der Waals surface area (Å²) in [6, 6.07) is 10.4. The molecule has 38 heavy (non-hydrogen) atoms. The molecule has 15 heteroatoms. The second kappa shape index (κ2) is 11.5. The fraction of sp³-hybridized carbons (Fsp3) is 0.174. The lowest BCUT2D eigenvalue weighted by molar-refractivity contribution is -0.562. The number of thioether (sulfide) groups is 1. The minimum absolute atomic E-state index is 0.00603. The van der Waals surface area contributed by atoms with Crippen molar-refractivity contribution in [1.29, 1.82) is 5.41 Å². The van der Waals surface area contributed by atoms with Crippen molar-refractivity contribution in [2.75, 3.05) is 24.7 Å². The van der Waals surface area contributed by atoms with Gasteiger partial charge in [-0.25, -0.2) is 4.57 Å². The third kappa shape index (κ3) is 6.24. The molecule has 202 valence electrons. The van der Waals surface area contributed by atoms with Crippen LogP contribution in [0.2, 0.25) is 10.0 Å². The summed E-state index contributed by atoms with van der Waals surface area (Å²) in [5.74, 6) is -2.64. The first kappa shape index (κ1) is 29.7. The van der Waals surface area contributed by atoms with Crippen molar-refractivity contribution >= 4 is 72.6 Å². The van der Waals surface area contributed by atoms with Gasteiger partial charge >= 0.3 is 32.0 Å². The number of pyridine rings is 1. The van der Waals surface area contributed by atoms with Crippen molar-refractivity contribution in [3.8, 4) is 0 Å². The summed E-state index contributed by atoms with van der Waals surface area (Å²) in [5, 5.41) is 18.2. The number of nitrogens with one attached hydrogen (secondary N) is 1. The SMILES string of the molecule is Cc1cc(S(=O)(=O)N(C(=N)[n+]2ccc(N(C)C)cc2)S(=O)(=O)c2ccc(Cl)cc2)c(SCC(=O)O)cc1Cl. The minimum Gasteiger partial charge on any atom is -0.481 e. The predicted molar refractivity (Wildman–Crippen MR) is 146 cm³/mol. The Bertz CT molecular complexity index is 1600. The van der Waals surface area contributed by atoms with Crippen LogP contribution in [0.3, 0.4) is 0 Å². The second-order valence-corrected chi connectivity index (χ2v) is 13.7. The molecule has 0 unspecified atom stereocenters. The molecule has 0 aliphatic heterocycles. The molecular weight excluding hydrogens is 595 g/mol. The highest BCUT2D eigenvalue weighted by atomic mass is 35.5. The maximum Gasteiger partial charge on any atom is 0.421 e. The van der Waals surface area contributed by atoms with Crippen LogP contribution in [-0.2, 0) is 24.8 Å². The zero-order chi connectivity index (χ0) is 28.4. The van der Waals surface area contributed by atoms with E-state index < -0.39 is 47.5 Å². The lowest BCUT2D eigenvalue weighted by atomic mass is 10.2. The van der Waals surface area contributed by atoms with Crippen LogP contribution in [-0.4, -0.2) is 57.4 Å². The van der Waals surface area contributed by atoms with E-state index in [2.05, 4.69) is 0 Å². The number of hydrogen-bond acceptors (Lipinski definition) is 8. The number of halogens is 2. The third-order valence-corrected chi connectivity index (χ3v) is 11.1. The van der Waals surface area contributed by atoms with E-state index in [4.69, 9.17) is 33.7 Å². The summed E-state index contributed by atoms with van der Waals surface area (Å²) < 4.78 is 56.8. The molecule has 2 N–H and O–H groups in total. The number of aromatic nitrogens is 1. The number of aliphatic carboxylic acids is 1. The Labute approximate surface area is 235 Å². The van der Waals surface area contributed by atoms with Crippen molar-refractivity contribution in [2.24, 2.45) is 0 Å². The van der Waals surface area contributed by atoms with Gasteiger partial charge in [-0.05, 0) is 64.7 Å². The summed E-state index contributed by atoms with van der Waals surface area (Å²) >= 11 is 12.7. The van der Waals surface area contributed by atoms with Gasteiger partial charge in [0.1, 0.15) is 9.79 Å². The van der Waals surface area contributed by atoms with Gasteiger partial charge in [0.25, 0.3) is 0 Å². The van der Waals surface area contributed by atoms with Gasteiger partial charge in [-0.15, -0.1) is 17.2 Å². The van der Waals surface area contributed by atoms with Gasteiger partial charge in [0, 0.05) is 34.7 Å². The van der Waals surface area contributed by atoms with E-state index in [-0.39, 0.29) is 18.7 Å². The molecule has 3 aromatic rings. The average molecular weight is 619 g/mol. The van der Waals surface area contributed by atoms with E-state index in [0.29, 0.717) is 17.3 Å². The average Bonchev–Trinajstić information content (AvgIpc) is 2.84. The number of anilines is 1. The minimum atomic E-state index is -5.02. The predicted octanol–water partition coefficient (Wildman–Crippen LogP) is 3.69.